The largest absolute Gasteiger partial charge is 0.493 e. The molecule has 0 aliphatic rings. The summed E-state index contributed by atoms with van der Waals surface area (Å²) in [6.45, 7) is 2.90. The third-order valence-electron chi connectivity index (χ3n) is 3.90. The zero-order chi connectivity index (χ0) is 21.1. The molecule has 8 heteroatoms. The van der Waals surface area contributed by atoms with Gasteiger partial charge in [0.15, 0.2) is 0 Å². The number of amides is 2. The highest BCUT2D eigenvalue weighted by atomic mass is 35.5. The van der Waals surface area contributed by atoms with Crippen LogP contribution < -0.4 is 20.3 Å². The summed E-state index contributed by atoms with van der Waals surface area (Å²) in [5.41, 5.74) is 5.17. The van der Waals surface area contributed by atoms with E-state index in [1.165, 1.54) is 0 Å². The second-order valence-electron chi connectivity index (χ2n) is 6.23. The van der Waals surface area contributed by atoms with E-state index in [0.29, 0.717) is 46.7 Å². The number of para-hydroxylation sites is 1. The normalized spacial score (nSPS) is 10.3. The Morgan fingerprint density at radius 3 is 2.41 bits per heavy atom. The van der Waals surface area contributed by atoms with Gasteiger partial charge in [0.05, 0.1) is 23.8 Å². The summed E-state index contributed by atoms with van der Waals surface area (Å²) in [6, 6.07) is 11.8. The molecule has 0 unspecified atom stereocenters. The van der Waals surface area contributed by atoms with Gasteiger partial charge in [0, 0.05) is 11.4 Å². The first-order chi connectivity index (χ1) is 14.0. The molecule has 0 spiro atoms. The lowest BCUT2D eigenvalue weighted by atomic mass is 10.2. The fourth-order valence-corrected chi connectivity index (χ4v) is 2.83. The van der Waals surface area contributed by atoms with Crippen molar-refractivity contribution in [1.82, 2.24) is 10.9 Å². The summed E-state index contributed by atoms with van der Waals surface area (Å²) in [5.74, 6) is 0.230. The molecule has 6 nitrogen and oxygen atoms in total. The van der Waals surface area contributed by atoms with Crippen LogP contribution in [0.3, 0.4) is 0 Å². The zero-order valence-electron chi connectivity index (χ0n) is 16.2. The minimum Gasteiger partial charge on any atom is -0.493 e. The van der Waals surface area contributed by atoms with E-state index in [-0.39, 0.29) is 12.3 Å². The van der Waals surface area contributed by atoms with Gasteiger partial charge in [-0.05, 0) is 43.2 Å². The Balaban J connectivity index is 1.72. The van der Waals surface area contributed by atoms with Crippen LogP contribution >= 0.6 is 23.2 Å². The maximum atomic E-state index is 12.3. The Labute approximate surface area is 180 Å². The molecule has 2 rings (SSSR count). The van der Waals surface area contributed by atoms with Crippen LogP contribution in [0.25, 0.3) is 0 Å². The number of hydrogen-bond acceptors (Lipinski definition) is 4. The van der Waals surface area contributed by atoms with Crippen LogP contribution in [0.4, 0.5) is 0 Å². The number of ether oxygens (including phenoxy) is 2. The SMILES string of the molecule is CCCCOc1ccccc1C(=O)NNC(=O)CCCOc1ccc(Cl)cc1Cl. The van der Waals surface area contributed by atoms with Crippen molar-refractivity contribution < 1.29 is 19.1 Å². The molecule has 0 aliphatic heterocycles. The molecule has 0 fully saturated rings. The molecule has 156 valence electrons. The fraction of sp³-hybridized carbons (Fsp3) is 0.333. The second kappa shape index (κ2) is 12.2. The highest BCUT2D eigenvalue weighted by molar-refractivity contribution is 6.35. The van der Waals surface area contributed by atoms with Crippen LogP contribution in [-0.4, -0.2) is 25.0 Å². The average molecular weight is 439 g/mol. The van der Waals surface area contributed by atoms with Crippen molar-refractivity contribution in [2.45, 2.75) is 32.6 Å². The fourth-order valence-electron chi connectivity index (χ4n) is 2.37. The van der Waals surface area contributed by atoms with Gasteiger partial charge in [0.2, 0.25) is 5.91 Å². The van der Waals surface area contributed by atoms with E-state index in [2.05, 4.69) is 17.8 Å². The monoisotopic (exact) mass is 438 g/mol. The van der Waals surface area contributed by atoms with E-state index in [0.717, 1.165) is 12.8 Å². The molecule has 0 bridgehead atoms. The Kier molecular flexibility index (Phi) is 9.60. The quantitative estimate of drug-likeness (QED) is 0.412. The highest BCUT2D eigenvalue weighted by Crippen LogP contribution is 2.27. The summed E-state index contributed by atoms with van der Waals surface area (Å²) in [7, 11) is 0. The van der Waals surface area contributed by atoms with Crippen LogP contribution in [0, 0.1) is 0 Å². The lowest BCUT2D eigenvalue weighted by Gasteiger charge is -2.12. The van der Waals surface area contributed by atoms with Crippen molar-refractivity contribution in [3.8, 4) is 11.5 Å². The van der Waals surface area contributed by atoms with Crippen molar-refractivity contribution in [3.05, 3.63) is 58.1 Å². The second-order valence-corrected chi connectivity index (χ2v) is 7.07. The molecule has 2 aromatic rings. The molecule has 2 aromatic carbocycles. The van der Waals surface area contributed by atoms with E-state index < -0.39 is 5.91 Å². The smallest absolute Gasteiger partial charge is 0.273 e. The molecular formula is C21H24Cl2N2O4. The molecule has 29 heavy (non-hydrogen) atoms. The van der Waals surface area contributed by atoms with Crippen molar-refractivity contribution >= 4 is 35.0 Å². The number of hydrazine groups is 1. The number of benzene rings is 2. The van der Waals surface area contributed by atoms with Gasteiger partial charge in [0.1, 0.15) is 11.5 Å². The van der Waals surface area contributed by atoms with E-state index in [1.807, 2.05) is 0 Å². The Bertz CT molecular complexity index is 830. The predicted octanol–water partition coefficient (Wildman–Crippen LogP) is 4.79. The molecule has 0 atom stereocenters. The predicted molar refractivity (Wildman–Crippen MR) is 114 cm³/mol. The molecular weight excluding hydrogens is 415 g/mol. The van der Waals surface area contributed by atoms with E-state index in [1.54, 1.807) is 42.5 Å². The van der Waals surface area contributed by atoms with E-state index in [4.69, 9.17) is 32.7 Å². The Morgan fingerprint density at radius 2 is 1.66 bits per heavy atom. The van der Waals surface area contributed by atoms with Crippen molar-refractivity contribution in [2.24, 2.45) is 0 Å². The molecule has 2 amide bonds. The number of carbonyl (C=O) groups is 2. The van der Waals surface area contributed by atoms with Crippen LogP contribution in [0.2, 0.25) is 10.0 Å². The van der Waals surface area contributed by atoms with Crippen molar-refractivity contribution in [1.29, 1.82) is 0 Å². The number of nitrogens with one attached hydrogen (secondary N) is 2. The van der Waals surface area contributed by atoms with Crippen LogP contribution in [0.5, 0.6) is 11.5 Å². The van der Waals surface area contributed by atoms with Crippen molar-refractivity contribution in [3.63, 3.8) is 0 Å². The van der Waals surface area contributed by atoms with Crippen LogP contribution in [0.1, 0.15) is 43.0 Å². The van der Waals surface area contributed by atoms with Crippen molar-refractivity contribution in [2.75, 3.05) is 13.2 Å². The van der Waals surface area contributed by atoms with Gasteiger partial charge in [-0.3, -0.25) is 20.4 Å². The molecule has 0 radical (unpaired) electrons. The maximum absolute atomic E-state index is 12.3. The van der Waals surface area contributed by atoms with Gasteiger partial charge in [-0.15, -0.1) is 0 Å². The third kappa shape index (κ3) is 7.83. The van der Waals surface area contributed by atoms with Gasteiger partial charge in [-0.1, -0.05) is 48.7 Å². The number of halogens is 2. The van der Waals surface area contributed by atoms with Crippen LogP contribution in [-0.2, 0) is 4.79 Å². The zero-order valence-corrected chi connectivity index (χ0v) is 17.7. The summed E-state index contributed by atoms with van der Waals surface area (Å²) < 4.78 is 11.2. The lowest BCUT2D eigenvalue weighted by Crippen LogP contribution is -2.41. The lowest BCUT2D eigenvalue weighted by molar-refractivity contribution is -0.122. The molecule has 0 saturated carbocycles. The minimum atomic E-state index is -0.436. The Hall–Kier alpha value is -2.44. The van der Waals surface area contributed by atoms with E-state index in [9.17, 15) is 9.59 Å². The van der Waals surface area contributed by atoms with Crippen LogP contribution in [0.15, 0.2) is 42.5 Å². The maximum Gasteiger partial charge on any atom is 0.273 e. The first-order valence-electron chi connectivity index (χ1n) is 9.40. The van der Waals surface area contributed by atoms with Gasteiger partial charge in [0.25, 0.3) is 5.91 Å². The molecule has 0 aromatic heterocycles. The first-order valence-corrected chi connectivity index (χ1v) is 10.2. The minimum absolute atomic E-state index is 0.181. The first kappa shape index (κ1) is 22.8. The topological polar surface area (TPSA) is 76.7 Å². The van der Waals surface area contributed by atoms with E-state index >= 15 is 0 Å². The van der Waals surface area contributed by atoms with Gasteiger partial charge in [-0.25, -0.2) is 0 Å². The average Bonchev–Trinajstić information content (AvgIpc) is 2.71. The van der Waals surface area contributed by atoms with Gasteiger partial charge >= 0.3 is 0 Å². The number of unbranched alkanes of at least 4 members (excludes halogenated alkanes) is 1. The summed E-state index contributed by atoms with van der Waals surface area (Å²) in [5, 5.41) is 0.934. The number of hydrogen-bond donors (Lipinski definition) is 2. The number of carbonyl (C=O) groups excluding carboxylic acids is 2. The number of rotatable bonds is 10. The summed E-state index contributed by atoms with van der Waals surface area (Å²) in [4.78, 5) is 24.3. The van der Waals surface area contributed by atoms with Gasteiger partial charge in [-0.2, -0.15) is 0 Å². The molecule has 0 saturated heterocycles. The summed E-state index contributed by atoms with van der Waals surface area (Å²) in [6.07, 6.45) is 2.53. The molecule has 0 aliphatic carbocycles. The third-order valence-corrected chi connectivity index (χ3v) is 4.43. The molecule has 2 N–H and O–H groups in total. The Morgan fingerprint density at radius 1 is 0.931 bits per heavy atom. The molecule has 0 heterocycles. The van der Waals surface area contributed by atoms with Gasteiger partial charge < -0.3 is 9.47 Å². The standard InChI is InChI=1S/C21H24Cl2N2O4/c1-2-3-12-28-18-8-5-4-7-16(18)21(27)25-24-20(26)9-6-13-29-19-11-10-15(22)14-17(19)23/h4-5,7-8,10-11,14H,2-3,6,9,12-13H2,1H3,(H,24,26)(H,25,27). The summed E-state index contributed by atoms with van der Waals surface area (Å²) >= 11 is 11.9. The highest BCUT2D eigenvalue weighted by Gasteiger charge is 2.13.